The molecule has 84 valence electrons. The molecule has 0 aliphatic heterocycles. The maximum absolute atomic E-state index is 11.5. The number of nitrogens with zero attached hydrogens (tertiary/aromatic N) is 1. The van der Waals surface area contributed by atoms with Crippen molar-refractivity contribution >= 4 is 5.91 Å². The Labute approximate surface area is 89.0 Å². The van der Waals surface area contributed by atoms with E-state index in [1.165, 1.54) is 0 Å². The Hall–Kier alpha value is -1.36. The third-order valence-corrected chi connectivity index (χ3v) is 2.28. The summed E-state index contributed by atoms with van der Waals surface area (Å²) < 4.78 is 4.97. The van der Waals surface area contributed by atoms with Crippen molar-refractivity contribution in [3.8, 4) is 0 Å². The lowest BCUT2D eigenvalue weighted by atomic mass is 10.1. The van der Waals surface area contributed by atoms with E-state index in [0.717, 1.165) is 11.3 Å². The number of rotatable bonds is 4. The van der Waals surface area contributed by atoms with Gasteiger partial charge < -0.3 is 15.6 Å². The summed E-state index contributed by atoms with van der Waals surface area (Å²) in [5, 5.41) is 6.58. The quantitative estimate of drug-likeness (QED) is 0.750. The Morgan fingerprint density at radius 1 is 1.60 bits per heavy atom. The van der Waals surface area contributed by atoms with E-state index < -0.39 is 0 Å². The van der Waals surface area contributed by atoms with Crippen LogP contribution in [0.1, 0.15) is 23.9 Å². The molecule has 0 saturated heterocycles. The van der Waals surface area contributed by atoms with E-state index in [1.807, 2.05) is 13.8 Å². The third kappa shape index (κ3) is 3.06. The molecule has 5 nitrogen and oxygen atoms in total. The zero-order chi connectivity index (χ0) is 11.4. The summed E-state index contributed by atoms with van der Waals surface area (Å²) in [4.78, 5) is 11.5. The lowest BCUT2D eigenvalue weighted by Gasteiger charge is -2.10. The van der Waals surface area contributed by atoms with Crippen molar-refractivity contribution in [3.63, 3.8) is 0 Å². The summed E-state index contributed by atoms with van der Waals surface area (Å²) in [6, 6.07) is -0.00188. The fourth-order valence-electron chi connectivity index (χ4n) is 1.30. The van der Waals surface area contributed by atoms with Crippen LogP contribution >= 0.6 is 0 Å². The second-order valence-corrected chi connectivity index (χ2v) is 3.68. The van der Waals surface area contributed by atoms with Gasteiger partial charge in [0.05, 0.1) is 12.1 Å². The average molecular weight is 211 g/mol. The van der Waals surface area contributed by atoms with E-state index in [-0.39, 0.29) is 11.9 Å². The second-order valence-electron chi connectivity index (χ2n) is 3.68. The molecular weight excluding hydrogens is 194 g/mol. The molecule has 3 N–H and O–H groups in total. The molecule has 1 atom stereocenters. The van der Waals surface area contributed by atoms with Crippen molar-refractivity contribution in [2.24, 2.45) is 5.73 Å². The molecule has 0 aliphatic carbocycles. The lowest BCUT2D eigenvalue weighted by molar-refractivity contribution is -0.121. The first-order valence-electron chi connectivity index (χ1n) is 4.95. The Balaban J connectivity index is 2.59. The molecule has 0 bridgehead atoms. The minimum absolute atomic E-state index is 0.00188. The summed E-state index contributed by atoms with van der Waals surface area (Å²) in [7, 11) is 0. The highest BCUT2D eigenvalue weighted by Gasteiger charge is 2.14. The van der Waals surface area contributed by atoms with E-state index in [9.17, 15) is 4.79 Å². The van der Waals surface area contributed by atoms with Gasteiger partial charge in [-0.15, -0.1) is 0 Å². The minimum atomic E-state index is -0.0534. The number of carbonyl (C=O) groups excluding carboxylic acids is 1. The van der Waals surface area contributed by atoms with Gasteiger partial charge in [-0.05, 0) is 20.8 Å². The van der Waals surface area contributed by atoms with Crippen LogP contribution in [0.15, 0.2) is 4.52 Å². The highest BCUT2D eigenvalue weighted by molar-refractivity contribution is 5.79. The van der Waals surface area contributed by atoms with Crippen LogP contribution in [0.2, 0.25) is 0 Å². The molecule has 1 aromatic heterocycles. The van der Waals surface area contributed by atoms with Gasteiger partial charge in [0, 0.05) is 18.2 Å². The Kier molecular flexibility index (Phi) is 3.85. The van der Waals surface area contributed by atoms with E-state index in [1.54, 1.807) is 6.92 Å². The summed E-state index contributed by atoms with van der Waals surface area (Å²) >= 11 is 0. The van der Waals surface area contributed by atoms with Crippen LogP contribution in [0.5, 0.6) is 0 Å². The maximum atomic E-state index is 11.5. The molecule has 0 unspecified atom stereocenters. The van der Waals surface area contributed by atoms with Crippen molar-refractivity contribution in [1.82, 2.24) is 10.5 Å². The van der Waals surface area contributed by atoms with Gasteiger partial charge >= 0.3 is 0 Å². The molecule has 1 heterocycles. The molecule has 1 rings (SSSR count). The average Bonchev–Trinajstić information content (AvgIpc) is 2.49. The summed E-state index contributed by atoms with van der Waals surface area (Å²) in [5.41, 5.74) is 7.03. The molecule has 1 aromatic rings. The third-order valence-electron chi connectivity index (χ3n) is 2.28. The van der Waals surface area contributed by atoms with Crippen LogP contribution in [-0.4, -0.2) is 23.7 Å². The van der Waals surface area contributed by atoms with Crippen LogP contribution in [0, 0.1) is 13.8 Å². The van der Waals surface area contributed by atoms with Crippen molar-refractivity contribution in [1.29, 1.82) is 0 Å². The summed E-state index contributed by atoms with van der Waals surface area (Å²) in [6.45, 7) is 5.93. The van der Waals surface area contributed by atoms with E-state index in [2.05, 4.69) is 10.5 Å². The van der Waals surface area contributed by atoms with Crippen LogP contribution in [-0.2, 0) is 11.2 Å². The number of carbonyl (C=O) groups is 1. The SMILES string of the molecule is Cc1noc(C)c1CC(=O)N[C@@H](C)CN. The Morgan fingerprint density at radius 3 is 2.73 bits per heavy atom. The normalized spacial score (nSPS) is 12.5. The van der Waals surface area contributed by atoms with Gasteiger partial charge in [-0.25, -0.2) is 0 Å². The standard InChI is InChI=1S/C10H17N3O2/c1-6(5-11)12-10(14)4-9-7(2)13-15-8(9)3/h6H,4-5,11H2,1-3H3,(H,12,14)/t6-/m0/s1. The number of hydrogen-bond acceptors (Lipinski definition) is 4. The highest BCUT2D eigenvalue weighted by atomic mass is 16.5. The molecule has 0 fully saturated rings. The van der Waals surface area contributed by atoms with Crippen LogP contribution in [0.3, 0.4) is 0 Å². The number of nitrogens with one attached hydrogen (secondary N) is 1. The minimum Gasteiger partial charge on any atom is -0.361 e. The Bertz CT molecular complexity index is 327. The molecule has 0 aliphatic rings. The second kappa shape index (κ2) is 4.93. The van der Waals surface area contributed by atoms with Crippen molar-refractivity contribution in [2.75, 3.05) is 6.54 Å². The molecule has 0 saturated carbocycles. The summed E-state index contributed by atoms with van der Waals surface area (Å²) in [5.74, 6) is 0.644. The van der Waals surface area contributed by atoms with Gasteiger partial charge in [0.25, 0.3) is 0 Å². The van der Waals surface area contributed by atoms with Gasteiger partial charge in [-0.1, -0.05) is 5.16 Å². The zero-order valence-corrected chi connectivity index (χ0v) is 9.33. The zero-order valence-electron chi connectivity index (χ0n) is 9.33. The van der Waals surface area contributed by atoms with E-state index in [0.29, 0.717) is 18.7 Å². The van der Waals surface area contributed by atoms with Crippen LogP contribution in [0.4, 0.5) is 0 Å². The monoisotopic (exact) mass is 211 g/mol. The van der Waals surface area contributed by atoms with Gasteiger partial charge in [-0.3, -0.25) is 4.79 Å². The largest absolute Gasteiger partial charge is 0.361 e. The molecular formula is C10H17N3O2. The van der Waals surface area contributed by atoms with Crippen LogP contribution in [0.25, 0.3) is 0 Å². The van der Waals surface area contributed by atoms with E-state index in [4.69, 9.17) is 10.3 Å². The van der Waals surface area contributed by atoms with Crippen molar-refractivity contribution in [2.45, 2.75) is 33.2 Å². The van der Waals surface area contributed by atoms with Gasteiger partial charge in [0.1, 0.15) is 5.76 Å². The first kappa shape index (κ1) is 11.7. The molecule has 0 spiro atoms. The predicted octanol–water partition coefficient (Wildman–Crippen LogP) is 0.297. The van der Waals surface area contributed by atoms with Gasteiger partial charge in [-0.2, -0.15) is 0 Å². The number of nitrogens with two attached hydrogens (primary N) is 1. The van der Waals surface area contributed by atoms with Crippen LogP contribution < -0.4 is 11.1 Å². The molecule has 5 heteroatoms. The van der Waals surface area contributed by atoms with Crippen molar-refractivity contribution < 1.29 is 9.32 Å². The number of aromatic nitrogens is 1. The summed E-state index contributed by atoms with van der Waals surface area (Å²) in [6.07, 6.45) is 0.297. The predicted molar refractivity (Wildman–Crippen MR) is 56.3 cm³/mol. The topological polar surface area (TPSA) is 81.2 Å². The Morgan fingerprint density at radius 2 is 2.27 bits per heavy atom. The number of aryl methyl sites for hydroxylation is 2. The molecule has 15 heavy (non-hydrogen) atoms. The van der Waals surface area contributed by atoms with E-state index >= 15 is 0 Å². The lowest BCUT2D eigenvalue weighted by Crippen LogP contribution is -2.38. The first-order chi connectivity index (χ1) is 7.04. The van der Waals surface area contributed by atoms with Crippen molar-refractivity contribution in [3.05, 3.63) is 17.0 Å². The smallest absolute Gasteiger partial charge is 0.224 e. The number of amides is 1. The molecule has 1 amide bonds. The number of hydrogen-bond donors (Lipinski definition) is 2. The molecule has 0 radical (unpaired) electrons. The fourth-order valence-corrected chi connectivity index (χ4v) is 1.30. The van der Waals surface area contributed by atoms with Gasteiger partial charge in [0.15, 0.2) is 0 Å². The molecule has 0 aromatic carbocycles. The van der Waals surface area contributed by atoms with Gasteiger partial charge in [0.2, 0.25) is 5.91 Å². The highest BCUT2D eigenvalue weighted by Crippen LogP contribution is 2.12. The fraction of sp³-hybridized carbons (Fsp3) is 0.600. The first-order valence-corrected chi connectivity index (χ1v) is 4.95. The maximum Gasteiger partial charge on any atom is 0.224 e.